The van der Waals surface area contributed by atoms with Crippen molar-refractivity contribution in [2.24, 2.45) is 5.73 Å². The highest BCUT2D eigenvalue weighted by Gasteiger charge is 2.25. The van der Waals surface area contributed by atoms with E-state index < -0.39 is 0 Å². The van der Waals surface area contributed by atoms with Crippen LogP contribution in [0.1, 0.15) is 30.0 Å². The fourth-order valence-electron chi connectivity index (χ4n) is 2.57. The van der Waals surface area contributed by atoms with Crippen molar-refractivity contribution in [3.05, 3.63) is 52.9 Å². The van der Waals surface area contributed by atoms with Crippen molar-refractivity contribution in [1.29, 1.82) is 0 Å². The molecule has 3 heteroatoms. The average molecular weight is 275 g/mol. The summed E-state index contributed by atoms with van der Waals surface area (Å²) in [6, 6.07) is 13.1. The van der Waals surface area contributed by atoms with Gasteiger partial charge in [-0.1, -0.05) is 30.3 Å². The lowest BCUT2D eigenvalue weighted by molar-refractivity contribution is 0.633. The molecule has 2 N–H and O–H groups in total. The molecule has 0 saturated heterocycles. The zero-order valence-electron chi connectivity index (χ0n) is 10.2. The number of rotatable bonds is 2. The number of hydrogen-bond donors (Lipinski definition) is 1. The molecule has 0 fully saturated rings. The predicted octanol–water partition coefficient (Wildman–Crippen LogP) is 4.25. The van der Waals surface area contributed by atoms with E-state index >= 15 is 0 Å². The second kappa shape index (κ2) is 5.47. The lowest BCUT2D eigenvalue weighted by atomic mass is 10.00. The van der Waals surface area contributed by atoms with Gasteiger partial charge in [0, 0.05) is 11.3 Å². The number of thiophene rings is 1. The molecule has 1 aliphatic rings. The fraction of sp³-hybridized carbons (Fsp3) is 0.333. The minimum atomic E-state index is 0.163. The second-order valence-electron chi connectivity index (χ2n) is 4.71. The smallest absolute Gasteiger partial charge is 0.0601 e. The van der Waals surface area contributed by atoms with Crippen LogP contribution in [0.2, 0.25) is 0 Å². The van der Waals surface area contributed by atoms with E-state index in [2.05, 4.69) is 41.8 Å². The molecular weight excluding hydrogens is 258 g/mol. The van der Waals surface area contributed by atoms with Gasteiger partial charge in [0.1, 0.15) is 0 Å². The van der Waals surface area contributed by atoms with Crippen LogP contribution in [-0.4, -0.2) is 5.25 Å². The van der Waals surface area contributed by atoms with Crippen LogP contribution in [0.25, 0.3) is 0 Å². The van der Waals surface area contributed by atoms with E-state index in [1.807, 2.05) is 23.1 Å². The molecule has 1 aromatic carbocycles. The third-order valence-corrected chi connectivity index (χ3v) is 5.95. The Balaban J connectivity index is 1.85. The Morgan fingerprint density at radius 2 is 2.06 bits per heavy atom. The number of nitrogens with two attached hydrogens (primary N) is 1. The maximum Gasteiger partial charge on any atom is 0.0601 e. The van der Waals surface area contributed by atoms with E-state index in [0.29, 0.717) is 5.25 Å². The average Bonchev–Trinajstić information content (AvgIpc) is 2.85. The molecule has 2 aromatic rings. The molecule has 94 valence electrons. The van der Waals surface area contributed by atoms with Gasteiger partial charge in [-0.3, -0.25) is 0 Å². The highest BCUT2D eigenvalue weighted by atomic mass is 32.2. The SMILES string of the molecule is NC1c2ccccc2CCCC1Sc1cccs1. The third-order valence-electron chi connectivity index (χ3n) is 3.51. The summed E-state index contributed by atoms with van der Waals surface area (Å²) >= 11 is 3.76. The third kappa shape index (κ3) is 2.48. The quantitative estimate of drug-likeness (QED) is 0.829. The van der Waals surface area contributed by atoms with Crippen molar-refractivity contribution in [2.75, 3.05) is 0 Å². The van der Waals surface area contributed by atoms with Gasteiger partial charge in [-0.05, 0) is 41.8 Å². The van der Waals surface area contributed by atoms with Crippen molar-refractivity contribution in [3.8, 4) is 0 Å². The summed E-state index contributed by atoms with van der Waals surface area (Å²) in [5, 5.41) is 2.64. The van der Waals surface area contributed by atoms with Crippen LogP contribution in [0.3, 0.4) is 0 Å². The van der Waals surface area contributed by atoms with Crippen LogP contribution >= 0.6 is 23.1 Å². The molecule has 0 radical (unpaired) electrons. The first-order valence-corrected chi connectivity index (χ1v) is 8.14. The van der Waals surface area contributed by atoms with Crippen molar-refractivity contribution in [2.45, 2.75) is 34.8 Å². The minimum Gasteiger partial charge on any atom is -0.323 e. The summed E-state index contributed by atoms with van der Waals surface area (Å²) in [7, 11) is 0. The topological polar surface area (TPSA) is 26.0 Å². The van der Waals surface area contributed by atoms with Gasteiger partial charge in [0.2, 0.25) is 0 Å². The Kier molecular flexibility index (Phi) is 3.73. The molecule has 2 atom stereocenters. The molecule has 0 saturated carbocycles. The van der Waals surface area contributed by atoms with Crippen molar-refractivity contribution in [3.63, 3.8) is 0 Å². The molecule has 0 amide bonds. The molecule has 1 aliphatic carbocycles. The first-order valence-electron chi connectivity index (χ1n) is 6.38. The molecule has 1 aromatic heterocycles. The van der Waals surface area contributed by atoms with Gasteiger partial charge < -0.3 is 5.73 Å². The number of aryl methyl sites for hydroxylation is 1. The van der Waals surface area contributed by atoms with Crippen molar-refractivity contribution >= 4 is 23.1 Å². The van der Waals surface area contributed by atoms with E-state index in [1.165, 1.54) is 34.6 Å². The number of benzene rings is 1. The monoisotopic (exact) mass is 275 g/mol. The summed E-state index contributed by atoms with van der Waals surface area (Å²) < 4.78 is 1.38. The van der Waals surface area contributed by atoms with Gasteiger partial charge in [-0.15, -0.1) is 23.1 Å². The highest BCUT2D eigenvalue weighted by Crippen LogP contribution is 2.39. The Bertz CT molecular complexity index is 507. The lowest BCUT2D eigenvalue weighted by Gasteiger charge is -2.21. The van der Waals surface area contributed by atoms with Crippen LogP contribution in [0.4, 0.5) is 0 Å². The van der Waals surface area contributed by atoms with E-state index in [0.717, 1.165) is 0 Å². The molecule has 1 heterocycles. The maximum atomic E-state index is 6.49. The lowest BCUT2D eigenvalue weighted by Crippen LogP contribution is -2.22. The zero-order valence-corrected chi connectivity index (χ0v) is 11.8. The van der Waals surface area contributed by atoms with Gasteiger partial charge in [-0.25, -0.2) is 0 Å². The Morgan fingerprint density at radius 3 is 2.89 bits per heavy atom. The van der Waals surface area contributed by atoms with Crippen molar-refractivity contribution in [1.82, 2.24) is 0 Å². The molecule has 3 rings (SSSR count). The van der Waals surface area contributed by atoms with E-state index in [4.69, 9.17) is 5.73 Å². The normalized spacial score (nSPS) is 23.4. The van der Waals surface area contributed by atoms with E-state index in [1.54, 1.807) is 0 Å². The Hall–Kier alpha value is -0.770. The maximum absolute atomic E-state index is 6.49. The highest BCUT2D eigenvalue weighted by molar-refractivity contribution is 8.01. The standard InChI is InChI=1S/C15H17NS2/c16-15-12-7-2-1-5-11(12)6-3-8-13(15)18-14-9-4-10-17-14/h1-2,4-5,7,9-10,13,15H,3,6,8,16H2. The first kappa shape index (κ1) is 12.3. The van der Waals surface area contributed by atoms with E-state index in [9.17, 15) is 0 Å². The van der Waals surface area contributed by atoms with Gasteiger partial charge in [0.15, 0.2) is 0 Å². The van der Waals surface area contributed by atoms with Gasteiger partial charge in [-0.2, -0.15) is 0 Å². The van der Waals surface area contributed by atoms with Crippen LogP contribution in [0, 0.1) is 0 Å². The Morgan fingerprint density at radius 1 is 1.17 bits per heavy atom. The van der Waals surface area contributed by atoms with Crippen LogP contribution in [0.15, 0.2) is 46.0 Å². The summed E-state index contributed by atoms with van der Waals surface area (Å²) in [6.45, 7) is 0. The molecule has 0 spiro atoms. The Labute approximate surface area is 116 Å². The van der Waals surface area contributed by atoms with Crippen LogP contribution < -0.4 is 5.73 Å². The fourth-order valence-corrected chi connectivity index (χ4v) is 4.81. The largest absolute Gasteiger partial charge is 0.323 e. The molecule has 2 unspecified atom stereocenters. The first-order chi connectivity index (χ1) is 8.84. The minimum absolute atomic E-state index is 0.163. The van der Waals surface area contributed by atoms with Gasteiger partial charge in [0.05, 0.1) is 4.21 Å². The summed E-state index contributed by atoms with van der Waals surface area (Å²) in [4.78, 5) is 0. The summed E-state index contributed by atoms with van der Waals surface area (Å²) in [6.07, 6.45) is 3.62. The summed E-state index contributed by atoms with van der Waals surface area (Å²) in [5.41, 5.74) is 9.29. The molecule has 1 nitrogen and oxygen atoms in total. The number of fused-ring (bicyclic) bond motifs is 1. The molecule has 18 heavy (non-hydrogen) atoms. The molecule has 0 aliphatic heterocycles. The van der Waals surface area contributed by atoms with Gasteiger partial charge >= 0.3 is 0 Å². The number of hydrogen-bond acceptors (Lipinski definition) is 3. The van der Waals surface area contributed by atoms with Crippen LogP contribution in [-0.2, 0) is 6.42 Å². The molecule has 0 bridgehead atoms. The van der Waals surface area contributed by atoms with Crippen LogP contribution in [0.5, 0.6) is 0 Å². The molecular formula is C15H17NS2. The van der Waals surface area contributed by atoms with E-state index in [-0.39, 0.29) is 6.04 Å². The van der Waals surface area contributed by atoms with Gasteiger partial charge in [0.25, 0.3) is 0 Å². The number of thioether (sulfide) groups is 1. The predicted molar refractivity (Wildman–Crippen MR) is 80.3 cm³/mol. The van der Waals surface area contributed by atoms with Crippen molar-refractivity contribution < 1.29 is 0 Å². The second-order valence-corrected chi connectivity index (χ2v) is 7.19. The summed E-state index contributed by atoms with van der Waals surface area (Å²) in [5.74, 6) is 0. The zero-order chi connectivity index (χ0) is 12.4.